The number of fused-ring (bicyclic) bond motifs is 1. The van der Waals surface area contributed by atoms with E-state index in [1.54, 1.807) is 19.1 Å². The van der Waals surface area contributed by atoms with Crippen LogP contribution in [0.4, 0.5) is 5.69 Å². The van der Waals surface area contributed by atoms with Gasteiger partial charge in [0, 0.05) is 11.4 Å². The van der Waals surface area contributed by atoms with Crippen molar-refractivity contribution >= 4 is 28.8 Å². The Kier molecular flexibility index (Phi) is 1.93. The second-order valence-corrected chi connectivity index (χ2v) is 3.51. The monoisotopic (exact) mass is 193 g/mol. The van der Waals surface area contributed by atoms with Crippen molar-refractivity contribution in [2.75, 3.05) is 0 Å². The molecule has 0 fully saturated rings. The van der Waals surface area contributed by atoms with E-state index in [0.29, 0.717) is 17.2 Å². The number of ketones is 1. The molecule has 1 aromatic carbocycles. The number of rotatable bonds is 0. The van der Waals surface area contributed by atoms with Crippen LogP contribution in [0.15, 0.2) is 23.2 Å². The fourth-order valence-corrected chi connectivity index (χ4v) is 1.50. The lowest BCUT2D eigenvalue weighted by atomic mass is 10.0. The molecule has 0 N–H and O–H groups in total. The van der Waals surface area contributed by atoms with Crippen molar-refractivity contribution in [1.82, 2.24) is 0 Å². The molecule has 0 bridgehead atoms. The van der Waals surface area contributed by atoms with Crippen LogP contribution < -0.4 is 0 Å². The number of benzene rings is 1. The highest BCUT2D eigenvalue weighted by Crippen LogP contribution is 2.27. The summed E-state index contributed by atoms with van der Waals surface area (Å²) in [6.07, 6.45) is 0.446. The van der Waals surface area contributed by atoms with Crippen molar-refractivity contribution in [2.45, 2.75) is 13.3 Å². The zero-order valence-electron chi connectivity index (χ0n) is 7.17. The van der Waals surface area contributed by atoms with Crippen LogP contribution >= 0.6 is 11.6 Å². The Labute approximate surface area is 81.2 Å². The summed E-state index contributed by atoms with van der Waals surface area (Å²) < 4.78 is 0. The van der Waals surface area contributed by atoms with Crippen LogP contribution in [0, 0.1) is 0 Å². The highest BCUT2D eigenvalue weighted by molar-refractivity contribution is 6.41. The lowest BCUT2D eigenvalue weighted by Gasteiger charge is -2.11. The van der Waals surface area contributed by atoms with Gasteiger partial charge in [0.2, 0.25) is 0 Å². The second kappa shape index (κ2) is 2.96. The third-order valence-electron chi connectivity index (χ3n) is 2.09. The molecular formula is C10H8ClNO. The predicted octanol–water partition coefficient (Wildman–Crippen LogP) is 2.56. The molecule has 13 heavy (non-hydrogen) atoms. The molecule has 66 valence electrons. The first-order chi connectivity index (χ1) is 6.16. The number of halogens is 1. The Morgan fingerprint density at radius 1 is 1.46 bits per heavy atom. The maximum Gasteiger partial charge on any atom is 0.181 e. The van der Waals surface area contributed by atoms with E-state index in [1.165, 1.54) is 0 Å². The smallest absolute Gasteiger partial charge is 0.181 e. The van der Waals surface area contributed by atoms with Gasteiger partial charge in [0.1, 0.15) is 0 Å². The van der Waals surface area contributed by atoms with Gasteiger partial charge in [0.15, 0.2) is 5.78 Å². The van der Waals surface area contributed by atoms with Gasteiger partial charge in [-0.15, -0.1) is 0 Å². The van der Waals surface area contributed by atoms with Crippen LogP contribution in [0.2, 0.25) is 5.02 Å². The fourth-order valence-electron chi connectivity index (χ4n) is 1.33. The summed E-state index contributed by atoms with van der Waals surface area (Å²) in [7, 11) is 0. The maximum atomic E-state index is 11.3. The van der Waals surface area contributed by atoms with Crippen LogP contribution in [0.3, 0.4) is 0 Å². The van der Waals surface area contributed by atoms with Crippen molar-refractivity contribution < 1.29 is 4.79 Å². The molecule has 3 heteroatoms. The molecular weight excluding hydrogens is 186 g/mol. The zero-order valence-corrected chi connectivity index (χ0v) is 7.93. The molecule has 0 atom stereocenters. The summed E-state index contributed by atoms with van der Waals surface area (Å²) in [6.45, 7) is 1.73. The second-order valence-electron chi connectivity index (χ2n) is 3.07. The Morgan fingerprint density at radius 2 is 2.23 bits per heavy atom. The Hall–Kier alpha value is -1.15. The molecule has 1 aliphatic heterocycles. The molecule has 0 amide bonds. The molecule has 0 saturated carbocycles. The van der Waals surface area contributed by atoms with Gasteiger partial charge in [-0.25, -0.2) is 4.99 Å². The van der Waals surface area contributed by atoms with Crippen LogP contribution in [0.25, 0.3) is 0 Å². The maximum absolute atomic E-state index is 11.3. The largest absolute Gasteiger partial charge is 0.292 e. The molecule has 0 saturated heterocycles. The van der Waals surface area contributed by atoms with Crippen molar-refractivity contribution in [2.24, 2.45) is 4.99 Å². The Balaban J connectivity index is 2.57. The molecule has 2 rings (SSSR count). The number of carbonyl (C=O) groups is 1. The summed E-state index contributed by atoms with van der Waals surface area (Å²) in [6, 6.07) is 5.42. The standard InChI is InChI=1S/C10H8ClNO/c1-6-10(13)4-7-2-3-8(11)5-9(7)12-6/h2-3,5H,4H2,1H3. The van der Waals surface area contributed by atoms with Crippen molar-refractivity contribution in [3.8, 4) is 0 Å². The average molecular weight is 194 g/mol. The number of carbonyl (C=O) groups excluding carboxylic acids is 1. The summed E-state index contributed by atoms with van der Waals surface area (Å²) in [5.74, 6) is 0.0924. The molecule has 0 aliphatic carbocycles. The summed E-state index contributed by atoms with van der Waals surface area (Å²) in [4.78, 5) is 15.4. The Morgan fingerprint density at radius 3 is 3.00 bits per heavy atom. The summed E-state index contributed by atoms with van der Waals surface area (Å²) in [5.41, 5.74) is 2.35. The molecule has 1 heterocycles. The minimum Gasteiger partial charge on any atom is -0.292 e. The fraction of sp³-hybridized carbons (Fsp3) is 0.200. The van der Waals surface area contributed by atoms with Gasteiger partial charge < -0.3 is 0 Å². The Bertz CT molecular complexity index is 409. The van der Waals surface area contributed by atoms with E-state index < -0.39 is 0 Å². The number of nitrogens with zero attached hydrogens (tertiary/aromatic N) is 1. The van der Waals surface area contributed by atoms with Gasteiger partial charge in [-0.05, 0) is 24.6 Å². The lowest BCUT2D eigenvalue weighted by Crippen LogP contribution is -2.16. The predicted molar refractivity (Wildman–Crippen MR) is 52.9 cm³/mol. The van der Waals surface area contributed by atoms with Gasteiger partial charge in [0.05, 0.1) is 11.4 Å². The summed E-state index contributed by atoms with van der Waals surface area (Å²) in [5, 5.41) is 0.657. The van der Waals surface area contributed by atoms with E-state index in [-0.39, 0.29) is 5.78 Å². The van der Waals surface area contributed by atoms with Crippen LogP contribution in [-0.4, -0.2) is 11.5 Å². The zero-order chi connectivity index (χ0) is 9.42. The highest BCUT2D eigenvalue weighted by Gasteiger charge is 2.16. The van der Waals surface area contributed by atoms with E-state index in [9.17, 15) is 4.79 Å². The van der Waals surface area contributed by atoms with E-state index in [1.807, 2.05) is 6.07 Å². The molecule has 0 radical (unpaired) electrons. The highest BCUT2D eigenvalue weighted by atomic mass is 35.5. The third-order valence-corrected chi connectivity index (χ3v) is 2.33. The van der Waals surface area contributed by atoms with Gasteiger partial charge in [0.25, 0.3) is 0 Å². The third kappa shape index (κ3) is 1.49. The van der Waals surface area contributed by atoms with Crippen molar-refractivity contribution in [1.29, 1.82) is 0 Å². The van der Waals surface area contributed by atoms with E-state index in [2.05, 4.69) is 4.99 Å². The number of Topliss-reactive ketones (excluding diaryl/α,β-unsaturated/α-hetero) is 1. The van der Waals surface area contributed by atoms with Gasteiger partial charge >= 0.3 is 0 Å². The minimum absolute atomic E-state index is 0.0924. The molecule has 0 unspecified atom stereocenters. The lowest BCUT2D eigenvalue weighted by molar-refractivity contribution is -0.112. The van der Waals surface area contributed by atoms with E-state index in [0.717, 1.165) is 11.3 Å². The molecule has 0 aromatic heterocycles. The number of aliphatic imine (C=N–C) groups is 1. The quantitative estimate of drug-likeness (QED) is 0.623. The van der Waals surface area contributed by atoms with E-state index >= 15 is 0 Å². The first-order valence-corrected chi connectivity index (χ1v) is 4.41. The molecule has 1 aromatic rings. The van der Waals surface area contributed by atoms with Crippen LogP contribution in [0.1, 0.15) is 12.5 Å². The first-order valence-electron chi connectivity index (χ1n) is 4.04. The SMILES string of the molecule is CC1=Nc2cc(Cl)ccc2CC1=O. The van der Waals surface area contributed by atoms with Gasteiger partial charge in [-0.2, -0.15) is 0 Å². The van der Waals surface area contributed by atoms with Crippen LogP contribution in [0.5, 0.6) is 0 Å². The van der Waals surface area contributed by atoms with Crippen molar-refractivity contribution in [3.05, 3.63) is 28.8 Å². The molecule has 0 spiro atoms. The van der Waals surface area contributed by atoms with Crippen LogP contribution in [-0.2, 0) is 11.2 Å². The summed E-state index contributed by atoms with van der Waals surface area (Å²) >= 11 is 5.81. The normalized spacial score (nSPS) is 15.2. The first kappa shape index (κ1) is 8.45. The number of hydrogen-bond donors (Lipinski definition) is 0. The molecule has 2 nitrogen and oxygen atoms in total. The van der Waals surface area contributed by atoms with Crippen molar-refractivity contribution in [3.63, 3.8) is 0 Å². The van der Waals surface area contributed by atoms with Gasteiger partial charge in [-0.1, -0.05) is 17.7 Å². The average Bonchev–Trinajstić information content (AvgIpc) is 2.08. The number of hydrogen-bond acceptors (Lipinski definition) is 2. The minimum atomic E-state index is 0.0924. The van der Waals surface area contributed by atoms with E-state index in [4.69, 9.17) is 11.6 Å². The topological polar surface area (TPSA) is 29.4 Å². The molecule has 1 aliphatic rings. The van der Waals surface area contributed by atoms with Gasteiger partial charge in [-0.3, -0.25) is 4.79 Å².